The second kappa shape index (κ2) is 5.02. The van der Waals surface area contributed by atoms with Gasteiger partial charge in [-0.3, -0.25) is 4.98 Å². The second-order valence-electron chi connectivity index (χ2n) is 5.11. The smallest absolute Gasteiger partial charge is 0.0597 e. The van der Waals surface area contributed by atoms with Crippen molar-refractivity contribution in [2.24, 2.45) is 5.73 Å². The lowest BCUT2D eigenvalue weighted by Crippen LogP contribution is -2.24. The van der Waals surface area contributed by atoms with Gasteiger partial charge in [0.2, 0.25) is 0 Å². The highest BCUT2D eigenvalue weighted by molar-refractivity contribution is 5.67. The van der Waals surface area contributed by atoms with E-state index in [1.54, 1.807) is 0 Å². The van der Waals surface area contributed by atoms with Gasteiger partial charge in [-0.1, -0.05) is 18.2 Å². The third kappa shape index (κ3) is 2.34. The predicted octanol–water partition coefficient (Wildman–Crippen LogP) is 3.19. The fraction of sp³-hybridized carbons (Fsp3) is 0.312. The summed E-state index contributed by atoms with van der Waals surface area (Å²) in [6, 6.07) is 12.7. The highest BCUT2D eigenvalue weighted by atomic mass is 15.1. The third-order valence-corrected chi connectivity index (χ3v) is 3.66. The number of nitrogens with two attached hydrogens (primary N) is 1. The fourth-order valence-electron chi connectivity index (χ4n) is 2.63. The predicted molar refractivity (Wildman–Crippen MR) is 78.6 cm³/mol. The van der Waals surface area contributed by atoms with E-state index >= 15 is 0 Å². The molecule has 3 nitrogen and oxygen atoms in total. The van der Waals surface area contributed by atoms with Crippen LogP contribution in [-0.2, 0) is 6.42 Å². The molecule has 0 fully saturated rings. The van der Waals surface area contributed by atoms with Gasteiger partial charge < -0.3 is 10.6 Å². The molecule has 3 rings (SSSR count). The maximum Gasteiger partial charge on any atom is 0.0597 e. The number of aromatic nitrogens is 1. The Morgan fingerprint density at radius 2 is 2.05 bits per heavy atom. The third-order valence-electron chi connectivity index (χ3n) is 3.66. The van der Waals surface area contributed by atoms with Crippen LogP contribution in [0, 0.1) is 0 Å². The lowest BCUT2D eigenvalue weighted by atomic mass is 10.0. The van der Waals surface area contributed by atoms with Gasteiger partial charge >= 0.3 is 0 Å². The SMILES string of the molecule is C[C@@H](N)c1ccc(N2CCCc3ccccc32)cn1. The van der Waals surface area contributed by atoms with Crippen molar-refractivity contribution < 1.29 is 0 Å². The summed E-state index contributed by atoms with van der Waals surface area (Å²) in [5, 5.41) is 0. The van der Waals surface area contributed by atoms with E-state index in [0.717, 1.165) is 24.3 Å². The molecule has 0 saturated heterocycles. The molecule has 0 bridgehead atoms. The van der Waals surface area contributed by atoms with Crippen molar-refractivity contribution in [3.63, 3.8) is 0 Å². The topological polar surface area (TPSA) is 42.1 Å². The molecule has 0 unspecified atom stereocenters. The summed E-state index contributed by atoms with van der Waals surface area (Å²) in [5.74, 6) is 0. The summed E-state index contributed by atoms with van der Waals surface area (Å²) in [4.78, 5) is 6.80. The molecule has 19 heavy (non-hydrogen) atoms. The number of anilines is 2. The van der Waals surface area contributed by atoms with Crippen molar-refractivity contribution in [3.05, 3.63) is 53.9 Å². The molecule has 2 aromatic rings. The van der Waals surface area contributed by atoms with Gasteiger partial charge in [-0.25, -0.2) is 0 Å². The molecule has 2 heterocycles. The molecule has 1 aromatic heterocycles. The van der Waals surface area contributed by atoms with Gasteiger partial charge in [0.1, 0.15) is 0 Å². The number of nitrogens with zero attached hydrogens (tertiary/aromatic N) is 2. The van der Waals surface area contributed by atoms with Crippen LogP contribution in [0.3, 0.4) is 0 Å². The highest BCUT2D eigenvalue weighted by Crippen LogP contribution is 2.32. The van der Waals surface area contributed by atoms with Gasteiger partial charge in [-0.15, -0.1) is 0 Å². The fourth-order valence-corrected chi connectivity index (χ4v) is 2.63. The van der Waals surface area contributed by atoms with Crippen molar-refractivity contribution in [1.29, 1.82) is 0 Å². The van der Waals surface area contributed by atoms with E-state index in [1.165, 1.54) is 17.7 Å². The van der Waals surface area contributed by atoms with E-state index in [0.29, 0.717) is 0 Å². The first-order valence-electron chi connectivity index (χ1n) is 6.82. The lowest BCUT2D eigenvalue weighted by Gasteiger charge is -2.31. The van der Waals surface area contributed by atoms with Crippen LogP contribution in [0.2, 0.25) is 0 Å². The van der Waals surface area contributed by atoms with Crippen LogP contribution >= 0.6 is 0 Å². The summed E-state index contributed by atoms with van der Waals surface area (Å²) in [6.45, 7) is 3.01. The Bertz CT molecular complexity index is 560. The Balaban J connectivity index is 1.95. The molecule has 0 spiro atoms. The molecule has 0 saturated carbocycles. The molecule has 0 aliphatic carbocycles. The Labute approximate surface area is 114 Å². The average Bonchev–Trinajstić information content (AvgIpc) is 2.47. The number of pyridine rings is 1. The van der Waals surface area contributed by atoms with E-state index in [1.807, 2.05) is 19.2 Å². The van der Waals surface area contributed by atoms with Gasteiger partial charge in [-0.2, -0.15) is 0 Å². The highest BCUT2D eigenvalue weighted by Gasteiger charge is 2.17. The molecule has 1 atom stereocenters. The summed E-state index contributed by atoms with van der Waals surface area (Å²) >= 11 is 0. The van der Waals surface area contributed by atoms with Gasteiger partial charge in [0.25, 0.3) is 0 Å². The summed E-state index contributed by atoms with van der Waals surface area (Å²) in [6.07, 6.45) is 4.28. The van der Waals surface area contributed by atoms with Crippen LogP contribution < -0.4 is 10.6 Å². The van der Waals surface area contributed by atoms with E-state index < -0.39 is 0 Å². The molecule has 2 N–H and O–H groups in total. The number of fused-ring (bicyclic) bond motifs is 1. The lowest BCUT2D eigenvalue weighted by molar-refractivity contribution is 0.758. The molecular formula is C16H19N3. The molecule has 98 valence electrons. The zero-order chi connectivity index (χ0) is 13.2. The van der Waals surface area contributed by atoms with Crippen molar-refractivity contribution in [1.82, 2.24) is 4.98 Å². The van der Waals surface area contributed by atoms with Gasteiger partial charge in [0, 0.05) is 18.3 Å². The van der Waals surface area contributed by atoms with Crippen LogP contribution in [0.15, 0.2) is 42.6 Å². The van der Waals surface area contributed by atoms with Crippen LogP contribution in [0.25, 0.3) is 0 Å². The van der Waals surface area contributed by atoms with E-state index in [2.05, 4.69) is 40.2 Å². The average molecular weight is 253 g/mol. The van der Waals surface area contributed by atoms with Crippen molar-refractivity contribution in [2.45, 2.75) is 25.8 Å². The number of rotatable bonds is 2. The van der Waals surface area contributed by atoms with E-state index in [-0.39, 0.29) is 6.04 Å². The van der Waals surface area contributed by atoms with Gasteiger partial charge in [0.15, 0.2) is 0 Å². The largest absolute Gasteiger partial charge is 0.340 e. The van der Waals surface area contributed by atoms with Crippen molar-refractivity contribution in [2.75, 3.05) is 11.4 Å². The first kappa shape index (κ1) is 12.2. The number of hydrogen-bond acceptors (Lipinski definition) is 3. The second-order valence-corrected chi connectivity index (χ2v) is 5.11. The zero-order valence-corrected chi connectivity index (χ0v) is 11.2. The Morgan fingerprint density at radius 1 is 1.21 bits per heavy atom. The van der Waals surface area contributed by atoms with Gasteiger partial charge in [-0.05, 0) is 43.5 Å². The van der Waals surface area contributed by atoms with Crippen molar-refractivity contribution >= 4 is 11.4 Å². The van der Waals surface area contributed by atoms with E-state index in [9.17, 15) is 0 Å². The van der Waals surface area contributed by atoms with Crippen LogP contribution in [0.5, 0.6) is 0 Å². The zero-order valence-electron chi connectivity index (χ0n) is 11.2. The van der Waals surface area contributed by atoms with Crippen molar-refractivity contribution in [3.8, 4) is 0 Å². The number of para-hydroxylation sites is 1. The van der Waals surface area contributed by atoms with Gasteiger partial charge in [0.05, 0.1) is 17.6 Å². The van der Waals surface area contributed by atoms with Crippen LogP contribution in [-0.4, -0.2) is 11.5 Å². The molecule has 1 aliphatic heterocycles. The first-order valence-corrected chi connectivity index (χ1v) is 6.82. The normalized spacial score (nSPS) is 16.0. The molecule has 3 heteroatoms. The summed E-state index contributed by atoms with van der Waals surface area (Å²) < 4.78 is 0. The maximum atomic E-state index is 5.84. The minimum Gasteiger partial charge on any atom is -0.340 e. The first-order chi connectivity index (χ1) is 9.25. The number of benzene rings is 1. The molecule has 1 aliphatic rings. The Hall–Kier alpha value is -1.87. The molecule has 0 amide bonds. The summed E-state index contributed by atoms with van der Waals surface area (Å²) in [5.41, 5.74) is 10.7. The standard InChI is InChI=1S/C16H19N3/c1-12(17)15-9-8-14(11-18-15)19-10-4-6-13-5-2-3-7-16(13)19/h2-3,5,7-9,11-12H,4,6,10,17H2,1H3/t12-/m1/s1. The summed E-state index contributed by atoms with van der Waals surface area (Å²) in [7, 11) is 0. The maximum absolute atomic E-state index is 5.84. The molecular weight excluding hydrogens is 234 g/mol. The number of hydrogen-bond donors (Lipinski definition) is 1. The minimum absolute atomic E-state index is 0.0114. The monoisotopic (exact) mass is 253 g/mol. The molecule has 0 radical (unpaired) electrons. The number of aryl methyl sites for hydroxylation is 1. The van der Waals surface area contributed by atoms with Crippen LogP contribution in [0.4, 0.5) is 11.4 Å². The Morgan fingerprint density at radius 3 is 2.79 bits per heavy atom. The van der Waals surface area contributed by atoms with E-state index in [4.69, 9.17) is 5.73 Å². The Kier molecular flexibility index (Phi) is 3.22. The quantitative estimate of drug-likeness (QED) is 0.893. The molecule has 1 aromatic carbocycles. The van der Waals surface area contributed by atoms with Crippen LogP contribution in [0.1, 0.15) is 30.6 Å². The minimum atomic E-state index is -0.0114.